The third-order valence-corrected chi connectivity index (χ3v) is 10.1. The van der Waals surface area contributed by atoms with Crippen molar-refractivity contribution in [3.05, 3.63) is 58.1 Å². The van der Waals surface area contributed by atoms with E-state index in [2.05, 4.69) is 56.0 Å². The van der Waals surface area contributed by atoms with Crippen LogP contribution in [0.5, 0.6) is 11.5 Å². The van der Waals surface area contributed by atoms with Gasteiger partial charge in [-0.15, -0.1) is 0 Å². The summed E-state index contributed by atoms with van der Waals surface area (Å²) < 4.78 is 6.05. The molecular formula is C30H40ClNO3. The summed E-state index contributed by atoms with van der Waals surface area (Å²) in [6, 6.07) is 12.6. The number of halogens is 1. The first-order valence-corrected chi connectivity index (χ1v) is 13.9. The number of likely N-dealkylation sites (N-methyl/N-ethyl adjacent to an activating group) is 1. The Balaban J connectivity index is 1.45. The number of fused-ring (bicyclic) bond motifs is 5. The maximum Gasteiger partial charge on any atom is 0.134 e. The number of nitrogens with zero attached hydrogens (tertiary/aromatic N) is 1. The van der Waals surface area contributed by atoms with Gasteiger partial charge in [0.05, 0.1) is 11.1 Å². The zero-order valence-corrected chi connectivity index (χ0v) is 22.1. The molecule has 0 spiro atoms. The Morgan fingerprint density at radius 2 is 1.80 bits per heavy atom. The summed E-state index contributed by atoms with van der Waals surface area (Å²) in [5.74, 6) is 2.81. The van der Waals surface area contributed by atoms with Crippen molar-refractivity contribution >= 4 is 11.6 Å². The zero-order chi connectivity index (χ0) is 24.7. The minimum absolute atomic E-state index is 0.0526. The summed E-state index contributed by atoms with van der Waals surface area (Å²) in [5.41, 5.74) is 3.68. The normalized spacial score (nSPS) is 31.7. The van der Waals surface area contributed by atoms with Crippen LogP contribution in [0.4, 0.5) is 0 Å². The molecule has 0 aromatic heterocycles. The molecule has 4 nitrogen and oxygen atoms in total. The van der Waals surface area contributed by atoms with Crippen molar-refractivity contribution in [2.75, 3.05) is 26.2 Å². The summed E-state index contributed by atoms with van der Waals surface area (Å²) in [7, 11) is 0. The standard InChI is InChI=1S/C30H40ClNO3/c1-4-32(5-2)16-17-35-20-8-6-19(7-9-20)24-18-30(3)25(13-15-27(30)34)23-11-10-22-21(28(23)24)12-14-26(33)29(22)31/h6-9,12,14,23-25,27-28,33-34H,4-5,10-11,13,15-18H2,1-3H3/t23?,24?,25?,27?,28?,30-/m0/s1. The highest BCUT2D eigenvalue weighted by Crippen LogP contribution is 2.65. The molecule has 35 heavy (non-hydrogen) atoms. The van der Waals surface area contributed by atoms with Crippen LogP contribution in [0.15, 0.2) is 36.4 Å². The lowest BCUT2D eigenvalue weighted by atomic mass is 9.51. The van der Waals surface area contributed by atoms with Gasteiger partial charge in [0.2, 0.25) is 0 Å². The first-order valence-electron chi connectivity index (χ1n) is 13.5. The summed E-state index contributed by atoms with van der Waals surface area (Å²) in [4.78, 5) is 2.37. The van der Waals surface area contributed by atoms with Crippen molar-refractivity contribution in [2.24, 2.45) is 17.3 Å². The Morgan fingerprint density at radius 3 is 2.51 bits per heavy atom. The average molecular weight is 498 g/mol. The van der Waals surface area contributed by atoms with Gasteiger partial charge in [-0.1, -0.05) is 50.6 Å². The van der Waals surface area contributed by atoms with Crippen molar-refractivity contribution in [3.8, 4) is 11.5 Å². The monoisotopic (exact) mass is 497 g/mol. The second-order valence-electron chi connectivity index (χ2n) is 11.2. The quantitative estimate of drug-likeness (QED) is 0.466. The van der Waals surface area contributed by atoms with Gasteiger partial charge < -0.3 is 19.8 Å². The number of ether oxygens (including phenoxy) is 1. The second kappa shape index (κ2) is 9.95. The summed E-state index contributed by atoms with van der Waals surface area (Å²) in [6.45, 7) is 10.4. The van der Waals surface area contributed by atoms with Gasteiger partial charge in [0.25, 0.3) is 0 Å². The Morgan fingerprint density at radius 1 is 1.06 bits per heavy atom. The molecule has 3 aliphatic rings. The number of rotatable bonds is 7. The molecule has 2 N–H and O–H groups in total. The number of aromatic hydroxyl groups is 1. The van der Waals surface area contributed by atoms with Gasteiger partial charge >= 0.3 is 0 Å². The number of hydrogen-bond donors (Lipinski definition) is 2. The molecule has 2 aromatic rings. The van der Waals surface area contributed by atoms with E-state index in [1.807, 2.05) is 0 Å². The predicted octanol–water partition coefficient (Wildman–Crippen LogP) is 6.38. The van der Waals surface area contributed by atoms with Gasteiger partial charge in [0, 0.05) is 6.54 Å². The highest BCUT2D eigenvalue weighted by Gasteiger charge is 2.57. The van der Waals surface area contributed by atoms with Crippen LogP contribution in [0.2, 0.25) is 5.02 Å². The molecule has 0 bridgehead atoms. The molecule has 3 aliphatic carbocycles. The number of aliphatic hydroxyl groups is 1. The van der Waals surface area contributed by atoms with Crippen LogP contribution in [-0.2, 0) is 6.42 Å². The minimum atomic E-state index is -0.233. The Hall–Kier alpha value is -1.75. The van der Waals surface area contributed by atoms with Crippen molar-refractivity contribution in [1.82, 2.24) is 4.90 Å². The van der Waals surface area contributed by atoms with Crippen LogP contribution in [0, 0.1) is 17.3 Å². The lowest BCUT2D eigenvalue weighted by Gasteiger charge is -2.54. The van der Waals surface area contributed by atoms with Gasteiger partial charge in [-0.25, -0.2) is 0 Å². The molecule has 0 amide bonds. The van der Waals surface area contributed by atoms with Gasteiger partial charge in [-0.2, -0.15) is 0 Å². The number of aliphatic hydroxyl groups excluding tert-OH is 1. The fraction of sp³-hybridized carbons (Fsp3) is 0.600. The maximum absolute atomic E-state index is 11.1. The minimum Gasteiger partial charge on any atom is -0.506 e. The van der Waals surface area contributed by atoms with E-state index in [1.54, 1.807) is 6.07 Å². The number of hydrogen-bond acceptors (Lipinski definition) is 4. The number of phenols is 1. The molecule has 2 aromatic carbocycles. The van der Waals surface area contributed by atoms with E-state index in [9.17, 15) is 10.2 Å². The van der Waals surface area contributed by atoms with Gasteiger partial charge in [0.1, 0.15) is 18.1 Å². The highest BCUT2D eigenvalue weighted by molar-refractivity contribution is 6.32. The topological polar surface area (TPSA) is 52.9 Å². The fourth-order valence-electron chi connectivity index (χ4n) is 7.68. The molecule has 0 aliphatic heterocycles. The average Bonchev–Trinajstić information content (AvgIpc) is 3.18. The van der Waals surface area contributed by atoms with E-state index in [0.717, 1.165) is 63.1 Å². The van der Waals surface area contributed by atoms with Crippen LogP contribution in [0.3, 0.4) is 0 Å². The molecule has 6 atom stereocenters. The lowest BCUT2D eigenvalue weighted by molar-refractivity contribution is -0.0322. The summed E-state index contributed by atoms with van der Waals surface area (Å²) >= 11 is 6.60. The maximum atomic E-state index is 11.1. The van der Waals surface area contributed by atoms with Gasteiger partial charge in [-0.05, 0) is 109 Å². The third kappa shape index (κ3) is 4.36. The molecule has 2 fully saturated rings. The Bertz CT molecular complexity index is 1040. The van der Waals surface area contributed by atoms with Crippen LogP contribution < -0.4 is 4.74 Å². The van der Waals surface area contributed by atoms with E-state index in [0.29, 0.717) is 35.3 Å². The van der Waals surface area contributed by atoms with Crippen molar-refractivity contribution in [2.45, 2.75) is 70.8 Å². The Kier molecular flexibility index (Phi) is 7.09. The van der Waals surface area contributed by atoms with Crippen LogP contribution in [0.25, 0.3) is 0 Å². The molecule has 5 heteroatoms. The molecule has 0 heterocycles. The number of phenolic OH excluding ortho intramolecular Hbond substituents is 1. The van der Waals surface area contributed by atoms with Crippen molar-refractivity contribution in [3.63, 3.8) is 0 Å². The van der Waals surface area contributed by atoms with Crippen LogP contribution in [-0.4, -0.2) is 47.5 Å². The zero-order valence-electron chi connectivity index (χ0n) is 21.3. The first-order chi connectivity index (χ1) is 16.9. The Labute approximate surface area is 215 Å². The smallest absolute Gasteiger partial charge is 0.134 e. The van der Waals surface area contributed by atoms with Crippen LogP contribution in [0.1, 0.15) is 75.0 Å². The molecule has 0 saturated heterocycles. The van der Waals surface area contributed by atoms with E-state index in [4.69, 9.17) is 16.3 Å². The largest absolute Gasteiger partial charge is 0.506 e. The highest BCUT2D eigenvalue weighted by atomic mass is 35.5. The molecule has 5 rings (SSSR count). The molecule has 190 valence electrons. The molecule has 5 unspecified atom stereocenters. The van der Waals surface area contributed by atoms with E-state index < -0.39 is 0 Å². The SMILES string of the molecule is CCN(CC)CCOc1ccc(C2C[C@]3(C)C(O)CCC3C3CCc4c(ccc(O)c4Cl)C23)cc1. The second-order valence-corrected chi connectivity index (χ2v) is 11.5. The lowest BCUT2D eigenvalue weighted by Crippen LogP contribution is -2.47. The molecular weight excluding hydrogens is 458 g/mol. The summed E-state index contributed by atoms with van der Waals surface area (Å²) in [5, 5.41) is 21.9. The van der Waals surface area contributed by atoms with E-state index >= 15 is 0 Å². The fourth-order valence-corrected chi connectivity index (χ4v) is 7.95. The summed E-state index contributed by atoms with van der Waals surface area (Å²) in [6.07, 6.45) is 4.71. The predicted molar refractivity (Wildman–Crippen MR) is 142 cm³/mol. The van der Waals surface area contributed by atoms with Crippen LogP contribution >= 0.6 is 11.6 Å². The molecule has 2 saturated carbocycles. The molecule has 0 radical (unpaired) electrons. The van der Waals surface area contributed by atoms with Gasteiger partial charge in [-0.3, -0.25) is 0 Å². The third-order valence-electron chi connectivity index (χ3n) is 9.66. The van der Waals surface area contributed by atoms with Crippen molar-refractivity contribution in [1.29, 1.82) is 0 Å². The first kappa shape index (κ1) is 24.9. The van der Waals surface area contributed by atoms with Crippen molar-refractivity contribution < 1.29 is 14.9 Å². The van der Waals surface area contributed by atoms with Gasteiger partial charge in [0.15, 0.2) is 0 Å². The number of benzene rings is 2. The van der Waals surface area contributed by atoms with E-state index in [1.165, 1.54) is 11.1 Å². The van der Waals surface area contributed by atoms with E-state index in [-0.39, 0.29) is 17.3 Å².